The molecule has 2 rings (SSSR count). The van der Waals surface area contributed by atoms with Gasteiger partial charge in [-0.3, -0.25) is 14.9 Å². The molecule has 2 aromatic rings. The molecular weight excluding hydrogens is 398 g/mol. The summed E-state index contributed by atoms with van der Waals surface area (Å²) in [6.45, 7) is 8.48. The molecule has 0 saturated heterocycles. The zero-order chi connectivity index (χ0) is 22.1. The van der Waals surface area contributed by atoms with Crippen LogP contribution in [0.2, 0.25) is 0 Å². The first-order chi connectivity index (χ1) is 14.2. The van der Waals surface area contributed by atoms with Crippen molar-refractivity contribution in [3.63, 3.8) is 0 Å². The van der Waals surface area contributed by atoms with Crippen molar-refractivity contribution in [1.82, 2.24) is 10.6 Å². The van der Waals surface area contributed by atoms with Gasteiger partial charge in [-0.05, 0) is 75.8 Å². The number of carbonyl (C=O) groups excluding carboxylic acids is 2. The molecular formula is C23H29N3O3S. The van der Waals surface area contributed by atoms with Crippen LogP contribution in [-0.4, -0.2) is 29.1 Å². The van der Waals surface area contributed by atoms with E-state index in [1.54, 1.807) is 48.5 Å². The molecule has 6 nitrogen and oxygen atoms in total. The fraction of sp³-hybridized carbons (Fsp3) is 0.348. The van der Waals surface area contributed by atoms with E-state index in [4.69, 9.17) is 17.0 Å². The number of anilines is 1. The molecule has 0 saturated carbocycles. The van der Waals surface area contributed by atoms with Crippen molar-refractivity contribution in [2.45, 2.75) is 46.1 Å². The normalized spacial score (nSPS) is 10.8. The fourth-order valence-corrected chi connectivity index (χ4v) is 2.77. The molecule has 0 aromatic heterocycles. The standard InChI is InChI=1S/C23H29N3O3S/c1-5-6-15-29-17-13-11-16(12-14-17)20(27)25-22(30)24-19-10-8-7-9-18(19)21(28)26-23(2,3)4/h7-14H,5-6,15H2,1-4H3,(H,26,28)(H2,24,25,27,30). The Kier molecular flexibility index (Phi) is 8.35. The van der Waals surface area contributed by atoms with Gasteiger partial charge in [0.05, 0.1) is 17.9 Å². The summed E-state index contributed by atoms with van der Waals surface area (Å²) in [7, 11) is 0. The lowest BCUT2D eigenvalue weighted by atomic mass is 10.1. The molecule has 0 radical (unpaired) electrons. The molecule has 0 atom stereocenters. The van der Waals surface area contributed by atoms with Crippen LogP contribution >= 0.6 is 12.2 Å². The zero-order valence-electron chi connectivity index (χ0n) is 17.9. The smallest absolute Gasteiger partial charge is 0.257 e. The molecule has 160 valence electrons. The Morgan fingerprint density at radius 1 is 1.00 bits per heavy atom. The van der Waals surface area contributed by atoms with Gasteiger partial charge in [-0.15, -0.1) is 0 Å². The Labute approximate surface area is 183 Å². The van der Waals surface area contributed by atoms with Crippen molar-refractivity contribution in [3.05, 3.63) is 59.7 Å². The van der Waals surface area contributed by atoms with Gasteiger partial charge < -0.3 is 15.4 Å². The summed E-state index contributed by atoms with van der Waals surface area (Å²) in [5.74, 6) is 0.155. The van der Waals surface area contributed by atoms with Crippen LogP contribution in [0.3, 0.4) is 0 Å². The van der Waals surface area contributed by atoms with Crippen molar-refractivity contribution in [1.29, 1.82) is 0 Å². The number of amides is 2. The number of carbonyl (C=O) groups is 2. The number of rotatable bonds is 7. The van der Waals surface area contributed by atoms with E-state index in [0.29, 0.717) is 23.4 Å². The van der Waals surface area contributed by atoms with Crippen molar-refractivity contribution in [2.75, 3.05) is 11.9 Å². The number of para-hydroxylation sites is 1. The van der Waals surface area contributed by atoms with E-state index < -0.39 is 0 Å². The van der Waals surface area contributed by atoms with Crippen LogP contribution in [0.1, 0.15) is 61.3 Å². The van der Waals surface area contributed by atoms with Gasteiger partial charge >= 0.3 is 0 Å². The summed E-state index contributed by atoms with van der Waals surface area (Å²) in [4.78, 5) is 25.0. The molecule has 0 fully saturated rings. The third kappa shape index (κ3) is 7.48. The molecule has 0 spiro atoms. The van der Waals surface area contributed by atoms with E-state index in [0.717, 1.165) is 18.6 Å². The number of thiocarbonyl (C=S) groups is 1. The molecule has 0 unspecified atom stereocenters. The highest BCUT2D eigenvalue weighted by atomic mass is 32.1. The number of ether oxygens (including phenoxy) is 1. The number of nitrogens with one attached hydrogen (secondary N) is 3. The Bertz CT molecular complexity index is 889. The maximum atomic E-state index is 12.5. The largest absolute Gasteiger partial charge is 0.494 e. The van der Waals surface area contributed by atoms with E-state index >= 15 is 0 Å². The lowest BCUT2D eigenvalue weighted by Crippen LogP contribution is -2.41. The minimum Gasteiger partial charge on any atom is -0.494 e. The first-order valence-electron chi connectivity index (χ1n) is 9.96. The number of hydrogen-bond donors (Lipinski definition) is 3. The second-order valence-corrected chi connectivity index (χ2v) is 8.29. The zero-order valence-corrected chi connectivity index (χ0v) is 18.7. The molecule has 0 bridgehead atoms. The van der Waals surface area contributed by atoms with Gasteiger partial charge in [-0.25, -0.2) is 0 Å². The SMILES string of the molecule is CCCCOc1ccc(C(=O)NC(=S)Nc2ccccc2C(=O)NC(C)(C)C)cc1. The molecule has 3 N–H and O–H groups in total. The third-order valence-corrected chi connectivity index (χ3v) is 4.22. The number of hydrogen-bond acceptors (Lipinski definition) is 4. The molecule has 7 heteroatoms. The second kappa shape index (κ2) is 10.7. The van der Waals surface area contributed by atoms with Crippen molar-refractivity contribution >= 4 is 34.8 Å². The molecule has 0 aliphatic carbocycles. The van der Waals surface area contributed by atoms with Gasteiger partial charge in [0.25, 0.3) is 11.8 Å². The first-order valence-corrected chi connectivity index (χ1v) is 10.4. The lowest BCUT2D eigenvalue weighted by Gasteiger charge is -2.21. The van der Waals surface area contributed by atoms with E-state index in [2.05, 4.69) is 22.9 Å². The predicted molar refractivity (Wildman–Crippen MR) is 124 cm³/mol. The highest BCUT2D eigenvalue weighted by Gasteiger charge is 2.18. The summed E-state index contributed by atoms with van der Waals surface area (Å²) in [6, 6.07) is 13.9. The minimum absolute atomic E-state index is 0.110. The summed E-state index contributed by atoms with van der Waals surface area (Å²) >= 11 is 5.27. The van der Waals surface area contributed by atoms with Crippen LogP contribution in [0.4, 0.5) is 5.69 Å². The summed E-state index contributed by atoms with van der Waals surface area (Å²) in [5.41, 5.74) is 1.05. The van der Waals surface area contributed by atoms with Crippen LogP contribution in [0.15, 0.2) is 48.5 Å². The number of benzene rings is 2. The quantitative estimate of drug-likeness (QED) is 0.447. The molecule has 30 heavy (non-hydrogen) atoms. The van der Waals surface area contributed by atoms with Gasteiger partial charge in [0, 0.05) is 11.1 Å². The van der Waals surface area contributed by atoms with Crippen molar-refractivity contribution in [3.8, 4) is 5.75 Å². The first kappa shape index (κ1) is 23.3. The number of unbranched alkanes of at least 4 members (excludes halogenated alkanes) is 1. The average molecular weight is 428 g/mol. The van der Waals surface area contributed by atoms with Crippen molar-refractivity contribution < 1.29 is 14.3 Å². The molecule has 0 heterocycles. The Morgan fingerprint density at radius 2 is 1.67 bits per heavy atom. The Balaban J connectivity index is 1.99. The summed E-state index contributed by atoms with van der Waals surface area (Å²) in [5, 5.41) is 8.61. The van der Waals surface area contributed by atoms with Crippen LogP contribution in [-0.2, 0) is 0 Å². The summed E-state index contributed by atoms with van der Waals surface area (Å²) < 4.78 is 5.60. The van der Waals surface area contributed by atoms with Crippen LogP contribution in [0.5, 0.6) is 5.75 Å². The van der Waals surface area contributed by atoms with Gasteiger partial charge in [0.2, 0.25) is 0 Å². The van der Waals surface area contributed by atoms with E-state index in [1.165, 1.54) is 0 Å². The highest BCUT2D eigenvalue weighted by molar-refractivity contribution is 7.80. The lowest BCUT2D eigenvalue weighted by molar-refractivity contribution is 0.0919. The maximum absolute atomic E-state index is 12.5. The van der Waals surface area contributed by atoms with Gasteiger partial charge in [-0.1, -0.05) is 25.5 Å². The van der Waals surface area contributed by atoms with Crippen LogP contribution < -0.4 is 20.7 Å². The molecule has 2 aromatic carbocycles. The summed E-state index contributed by atoms with van der Waals surface area (Å²) in [6.07, 6.45) is 2.04. The fourth-order valence-electron chi connectivity index (χ4n) is 2.56. The molecule has 0 aliphatic heterocycles. The maximum Gasteiger partial charge on any atom is 0.257 e. The molecule has 0 aliphatic rings. The van der Waals surface area contributed by atoms with Crippen molar-refractivity contribution in [2.24, 2.45) is 0 Å². The minimum atomic E-state index is -0.370. The molecule has 2 amide bonds. The van der Waals surface area contributed by atoms with E-state index in [-0.39, 0.29) is 22.5 Å². The Morgan fingerprint density at radius 3 is 2.30 bits per heavy atom. The highest BCUT2D eigenvalue weighted by Crippen LogP contribution is 2.17. The van der Waals surface area contributed by atoms with Crippen LogP contribution in [0.25, 0.3) is 0 Å². The van der Waals surface area contributed by atoms with E-state index in [1.807, 2.05) is 20.8 Å². The second-order valence-electron chi connectivity index (χ2n) is 7.88. The van der Waals surface area contributed by atoms with Gasteiger partial charge in [-0.2, -0.15) is 0 Å². The monoisotopic (exact) mass is 427 g/mol. The van der Waals surface area contributed by atoms with E-state index in [9.17, 15) is 9.59 Å². The Hall–Kier alpha value is -2.93. The van der Waals surface area contributed by atoms with Gasteiger partial charge in [0.1, 0.15) is 5.75 Å². The third-order valence-electron chi connectivity index (χ3n) is 4.02. The topological polar surface area (TPSA) is 79.5 Å². The average Bonchev–Trinajstić information content (AvgIpc) is 2.67. The van der Waals surface area contributed by atoms with Gasteiger partial charge in [0.15, 0.2) is 5.11 Å². The van der Waals surface area contributed by atoms with Crippen LogP contribution in [0, 0.1) is 0 Å². The predicted octanol–water partition coefficient (Wildman–Crippen LogP) is 4.52.